The molecule has 3 rings (SSSR count). The second-order valence-corrected chi connectivity index (χ2v) is 6.54. The zero-order valence-corrected chi connectivity index (χ0v) is 12.9. The Morgan fingerprint density at radius 3 is 2.95 bits per heavy atom. The van der Waals surface area contributed by atoms with Crippen LogP contribution in [0.4, 0.5) is 5.69 Å². The van der Waals surface area contributed by atoms with Crippen molar-refractivity contribution >= 4 is 17.4 Å². The summed E-state index contributed by atoms with van der Waals surface area (Å²) in [5, 5.41) is 12.6. The SMILES string of the molecule is OCCCc1cccc(NC2CCSc3ccccc32)c1. The number of nitrogens with one attached hydrogen (secondary N) is 1. The zero-order chi connectivity index (χ0) is 14.5. The highest BCUT2D eigenvalue weighted by molar-refractivity contribution is 7.99. The minimum absolute atomic E-state index is 0.255. The lowest BCUT2D eigenvalue weighted by Gasteiger charge is -2.27. The summed E-state index contributed by atoms with van der Waals surface area (Å²) in [4.78, 5) is 1.40. The predicted octanol–water partition coefficient (Wildman–Crippen LogP) is 4.26. The van der Waals surface area contributed by atoms with Crippen molar-refractivity contribution in [2.24, 2.45) is 0 Å². The third-order valence-corrected chi connectivity index (χ3v) is 4.97. The normalized spacial score (nSPS) is 17.3. The molecule has 1 atom stereocenters. The number of rotatable bonds is 5. The van der Waals surface area contributed by atoms with E-state index in [9.17, 15) is 0 Å². The van der Waals surface area contributed by atoms with Crippen LogP contribution in [0.3, 0.4) is 0 Å². The Bertz CT molecular complexity index is 599. The average molecular weight is 299 g/mol. The Morgan fingerprint density at radius 1 is 1.14 bits per heavy atom. The number of fused-ring (bicyclic) bond motifs is 1. The lowest BCUT2D eigenvalue weighted by molar-refractivity contribution is 0.288. The van der Waals surface area contributed by atoms with Gasteiger partial charge < -0.3 is 10.4 Å². The van der Waals surface area contributed by atoms with Gasteiger partial charge in [0.15, 0.2) is 0 Å². The summed E-state index contributed by atoms with van der Waals surface area (Å²) in [5.74, 6) is 1.17. The van der Waals surface area contributed by atoms with Gasteiger partial charge in [0, 0.05) is 22.9 Å². The van der Waals surface area contributed by atoms with Gasteiger partial charge in [-0.3, -0.25) is 0 Å². The van der Waals surface area contributed by atoms with E-state index in [0.29, 0.717) is 6.04 Å². The van der Waals surface area contributed by atoms with E-state index in [0.717, 1.165) is 19.3 Å². The first-order chi connectivity index (χ1) is 10.4. The summed E-state index contributed by atoms with van der Waals surface area (Å²) in [7, 11) is 0. The number of anilines is 1. The molecule has 110 valence electrons. The molecule has 2 nitrogen and oxygen atoms in total. The van der Waals surface area contributed by atoms with E-state index in [1.165, 1.54) is 27.5 Å². The Hall–Kier alpha value is -1.45. The quantitative estimate of drug-likeness (QED) is 0.865. The van der Waals surface area contributed by atoms with E-state index in [-0.39, 0.29) is 6.61 Å². The topological polar surface area (TPSA) is 32.3 Å². The second-order valence-electron chi connectivity index (χ2n) is 5.40. The van der Waals surface area contributed by atoms with Crippen LogP contribution in [-0.4, -0.2) is 17.5 Å². The molecule has 0 aliphatic carbocycles. The third-order valence-electron chi connectivity index (χ3n) is 3.85. The monoisotopic (exact) mass is 299 g/mol. The van der Waals surface area contributed by atoms with Crippen LogP contribution in [0.1, 0.15) is 30.0 Å². The second kappa shape index (κ2) is 7.01. The summed E-state index contributed by atoms with van der Waals surface area (Å²) in [6, 6.07) is 17.6. The molecule has 0 fully saturated rings. The van der Waals surface area contributed by atoms with Gasteiger partial charge in [-0.25, -0.2) is 0 Å². The molecule has 0 radical (unpaired) electrons. The highest BCUT2D eigenvalue weighted by atomic mass is 32.2. The van der Waals surface area contributed by atoms with Gasteiger partial charge in [0.25, 0.3) is 0 Å². The first-order valence-electron chi connectivity index (χ1n) is 7.55. The molecule has 0 spiro atoms. The Morgan fingerprint density at radius 2 is 2.05 bits per heavy atom. The molecule has 1 aliphatic heterocycles. The molecule has 0 bridgehead atoms. The number of hydrogen-bond acceptors (Lipinski definition) is 3. The Labute approximate surface area is 130 Å². The van der Waals surface area contributed by atoms with Crippen LogP contribution >= 0.6 is 11.8 Å². The number of benzene rings is 2. The number of thioether (sulfide) groups is 1. The maximum Gasteiger partial charge on any atom is 0.0532 e. The number of hydrogen-bond donors (Lipinski definition) is 2. The molecule has 0 aromatic heterocycles. The van der Waals surface area contributed by atoms with Crippen molar-refractivity contribution in [2.45, 2.75) is 30.2 Å². The summed E-state index contributed by atoms with van der Waals surface area (Å²) >= 11 is 1.95. The van der Waals surface area contributed by atoms with Crippen molar-refractivity contribution in [2.75, 3.05) is 17.7 Å². The number of aliphatic hydroxyl groups excluding tert-OH is 1. The lowest BCUT2D eigenvalue weighted by atomic mass is 10.0. The van der Waals surface area contributed by atoms with Crippen molar-refractivity contribution in [1.29, 1.82) is 0 Å². The third kappa shape index (κ3) is 3.60. The molecule has 1 aliphatic rings. The zero-order valence-electron chi connectivity index (χ0n) is 12.1. The van der Waals surface area contributed by atoms with Crippen LogP contribution in [0.25, 0.3) is 0 Å². The summed E-state index contributed by atoms with van der Waals surface area (Å²) in [6.07, 6.45) is 2.91. The fraction of sp³-hybridized carbons (Fsp3) is 0.333. The molecule has 2 N–H and O–H groups in total. The van der Waals surface area contributed by atoms with Gasteiger partial charge in [0.2, 0.25) is 0 Å². The van der Waals surface area contributed by atoms with E-state index < -0.39 is 0 Å². The van der Waals surface area contributed by atoms with E-state index in [2.05, 4.69) is 53.8 Å². The highest BCUT2D eigenvalue weighted by Gasteiger charge is 2.19. The Balaban J connectivity index is 1.75. The van der Waals surface area contributed by atoms with Crippen molar-refractivity contribution in [3.05, 3.63) is 59.7 Å². The van der Waals surface area contributed by atoms with Gasteiger partial charge in [-0.05, 0) is 48.6 Å². The van der Waals surface area contributed by atoms with Crippen LogP contribution in [0.15, 0.2) is 53.4 Å². The fourth-order valence-corrected chi connectivity index (χ4v) is 3.92. The molecular weight excluding hydrogens is 278 g/mol. The molecule has 3 heteroatoms. The summed E-state index contributed by atoms with van der Waals surface area (Å²) in [5.41, 5.74) is 3.87. The molecule has 2 aromatic carbocycles. The molecule has 2 aromatic rings. The van der Waals surface area contributed by atoms with Gasteiger partial charge in [-0.2, -0.15) is 0 Å². The van der Waals surface area contributed by atoms with Crippen LogP contribution in [0.2, 0.25) is 0 Å². The standard InChI is InChI=1S/C18H21NOS/c20-11-4-6-14-5-3-7-15(13-14)19-17-10-12-21-18-9-2-1-8-16(17)18/h1-3,5,7-9,13,17,19-20H,4,6,10-12H2. The van der Waals surface area contributed by atoms with E-state index in [4.69, 9.17) is 5.11 Å². The minimum Gasteiger partial charge on any atom is -0.396 e. The number of aliphatic hydroxyl groups is 1. The van der Waals surface area contributed by atoms with Gasteiger partial charge in [0.05, 0.1) is 6.04 Å². The van der Waals surface area contributed by atoms with E-state index in [1.807, 2.05) is 11.8 Å². The molecular formula is C18H21NOS. The van der Waals surface area contributed by atoms with Crippen LogP contribution in [0, 0.1) is 0 Å². The van der Waals surface area contributed by atoms with E-state index in [1.54, 1.807) is 0 Å². The molecule has 0 saturated heterocycles. The first-order valence-corrected chi connectivity index (χ1v) is 8.53. The van der Waals surface area contributed by atoms with Crippen molar-refractivity contribution in [3.63, 3.8) is 0 Å². The van der Waals surface area contributed by atoms with Crippen LogP contribution in [0.5, 0.6) is 0 Å². The van der Waals surface area contributed by atoms with Crippen molar-refractivity contribution < 1.29 is 5.11 Å². The molecule has 1 heterocycles. The van der Waals surface area contributed by atoms with E-state index >= 15 is 0 Å². The van der Waals surface area contributed by atoms with Gasteiger partial charge in [-0.1, -0.05) is 30.3 Å². The number of aryl methyl sites for hydroxylation is 1. The van der Waals surface area contributed by atoms with Gasteiger partial charge in [-0.15, -0.1) is 11.8 Å². The molecule has 1 unspecified atom stereocenters. The van der Waals surface area contributed by atoms with Crippen molar-refractivity contribution in [1.82, 2.24) is 0 Å². The maximum atomic E-state index is 8.95. The average Bonchev–Trinajstić information content (AvgIpc) is 2.54. The smallest absolute Gasteiger partial charge is 0.0532 e. The Kier molecular flexibility index (Phi) is 4.84. The van der Waals surface area contributed by atoms with Gasteiger partial charge in [0.1, 0.15) is 0 Å². The summed E-state index contributed by atoms with van der Waals surface area (Å²) < 4.78 is 0. The highest BCUT2D eigenvalue weighted by Crippen LogP contribution is 2.37. The first kappa shape index (κ1) is 14.5. The largest absolute Gasteiger partial charge is 0.396 e. The minimum atomic E-state index is 0.255. The van der Waals surface area contributed by atoms with Gasteiger partial charge >= 0.3 is 0 Å². The predicted molar refractivity (Wildman–Crippen MR) is 90.0 cm³/mol. The van der Waals surface area contributed by atoms with Crippen LogP contribution in [-0.2, 0) is 6.42 Å². The maximum absolute atomic E-state index is 8.95. The van der Waals surface area contributed by atoms with Crippen molar-refractivity contribution in [3.8, 4) is 0 Å². The molecule has 0 saturated carbocycles. The van der Waals surface area contributed by atoms with Crippen LogP contribution < -0.4 is 5.32 Å². The fourth-order valence-electron chi connectivity index (χ4n) is 2.79. The lowest BCUT2D eigenvalue weighted by Crippen LogP contribution is -2.16. The molecule has 21 heavy (non-hydrogen) atoms. The molecule has 0 amide bonds. The summed E-state index contributed by atoms with van der Waals surface area (Å²) in [6.45, 7) is 0.255.